The summed E-state index contributed by atoms with van der Waals surface area (Å²) in [5, 5.41) is 2.54. The Labute approximate surface area is 115 Å². The van der Waals surface area contributed by atoms with Gasteiger partial charge in [-0.2, -0.15) is 0 Å². The summed E-state index contributed by atoms with van der Waals surface area (Å²) in [5.41, 5.74) is 3.77. The van der Waals surface area contributed by atoms with Crippen LogP contribution >= 0.6 is 0 Å². The van der Waals surface area contributed by atoms with Crippen LogP contribution in [0, 0.1) is 0 Å². The maximum absolute atomic E-state index is 9.34. The van der Waals surface area contributed by atoms with Gasteiger partial charge in [0.2, 0.25) is 0 Å². The van der Waals surface area contributed by atoms with E-state index in [9.17, 15) is 4.80 Å². The van der Waals surface area contributed by atoms with E-state index in [-0.39, 0.29) is 0 Å². The summed E-state index contributed by atoms with van der Waals surface area (Å²) >= 11 is 0. The predicted octanol–water partition coefficient (Wildman–Crippen LogP) is 3.08. The normalized spacial score (nSPS) is 11.4. The van der Waals surface area contributed by atoms with Crippen molar-refractivity contribution in [2.45, 2.75) is 6.04 Å². The van der Waals surface area contributed by atoms with Gasteiger partial charge in [0.1, 0.15) is 0 Å². The second-order valence-electron chi connectivity index (χ2n) is 4.66. The van der Waals surface area contributed by atoms with Crippen LogP contribution in [-0.2, 0) is 6.04 Å². The molecule has 94 valence electrons. The van der Waals surface area contributed by atoms with Crippen LogP contribution < -0.4 is 0 Å². The van der Waals surface area contributed by atoms with Crippen LogP contribution in [0.25, 0.3) is 21.9 Å². The van der Waals surface area contributed by atoms with Crippen LogP contribution in [0.5, 0.6) is 0 Å². The quantitative estimate of drug-likeness (QED) is 0.721. The SMILES string of the molecule is O[SiH2]Cc1ccccc1-c1cccc2ccccc12. The van der Waals surface area contributed by atoms with Gasteiger partial charge in [0, 0.05) is 0 Å². The minimum Gasteiger partial charge on any atom is -0.438 e. The second kappa shape index (κ2) is 5.39. The molecule has 3 aromatic rings. The van der Waals surface area contributed by atoms with E-state index < -0.39 is 9.76 Å². The third-order valence-corrected chi connectivity index (χ3v) is 4.24. The number of rotatable bonds is 3. The molecule has 0 unspecified atom stereocenters. The molecule has 3 rings (SSSR count). The highest BCUT2D eigenvalue weighted by molar-refractivity contribution is 6.25. The highest BCUT2D eigenvalue weighted by Crippen LogP contribution is 2.30. The van der Waals surface area contributed by atoms with Crippen molar-refractivity contribution in [1.29, 1.82) is 0 Å². The lowest BCUT2D eigenvalue weighted by Crippen LogP contribution is -1.97. The first-order valence-electron chi connectivity index (χ1n) is 6.57. The first kappa shape index (κ1) is 12.1. The molecule has 0 amide bonds. The largest absolute Gasteiger partial charge is 0.438 e. The fourth-order valence-electron chi connectivity index (χ4n) is 2.58. The molecule has 0 heterocycles. The van der Waals surface area contributed by atoms with Crippen molar-refractivity contribution in [2.75, 3.05) is 0 Å². The van der Waals surface area contributed by atoms with Gasteiger partial charge >= 0.3 is 0 Å². The summed E-state index contributed by atoms with van der Waals surface area (Å²) in [5.74, 6) is 0. The van der Waals surface area contributed by atoms with Gasteiger partial charge in [-0.25, -0.2) is 0 Å². The molecule has 0 aromatic heterocycles. The van der Waals surface area contributed by atoms with Crippen molar-refractivity contribution in [2.24, 2.45) is 0 Å². The molecular weight excluding hydrogens is 248 g/mol. The summed E-state index contributed by atoms with van der Waals surface area (Å²) in [6, 6.07) is 24.1. The molecule has 0 aliphatic rings. The van der Waals surface area contributed by atoms with Crippen molar-refractivity contribution in [3.05, 3.63) is 72.3 Å². The first-order valence-corrected chi connectivity index (χ1v) is 8.20. The molecule has 0 spiro atoms. The molecule has 19 heavy (non-hydrogen) atoms. The summed E-state index contributed by atoms with van der Waals surface area (Å²) in [7, 11) is -0.962. The van der Waals surface area contributed by atoms with E-state index in [1.807, 2.05) is 6.07 Å². The lowest BCUT2D eigenvalue weighted by Gasteiger charge is -2.11. The van der Waals surface area contributed by atoms with Gasteiger partial charge in [0.25, 0.3) is 0 Å². The van der Waals surface area contributed by atoms with Crippen LogP contribution in [0.1, 0.15) is 5.56 Å². The fraction of sp³-hybridized carbons (Fsp3) is 0.0588. The Morgan fingerprint density at radius 3 is 2.32 bits per heavy atom. The van der Waals surface area contributed by atoms with E-state index >= 15 is 0 Å². The van der Waals surface area contributed by atoms with Crippen LogP contribution in [0.15, 0.2) is 66.7 Å². The topological polar surface area (TPSA) is 20.2 Å². The Morgan fingerprint density at radius 2 is 1.42 bits per heavy atom. The average Bonchev–Trinajstić information content (AvgIpc) is 2.48. The summed E-state index contributed by atoms with van der Waals surface area (Å²) < 4.78 is 0. The van der Waals surface area contributed by atoms with Gasteiger partial charge in [0.15, 0.2) is 9.76 Å². The highest BCUT2D eigenvalue weighted by Gasteiger charge is 2.07. The van der Waals surface area contributed by atoms with E-state index in [1.165, 1.54) is 27.5 Å². The molecule has 0 bridgehead atoms. The summed E-state index contributed by atoms with van der Waals surface area (Å²) in [4.78, 5) is 9.34. The molecule has 3 aromatic carbocycles. The van der Waals surface area contributed by atoms with Crippen molar-refractivity contribution in [3.63, 3.8) is 0 Å². The van der Waals surface area contributed by atoms with Gasteiger partial charge in [0.05, 0.1) is 0 Å². The van der Waals surface area contributed by atoms with Gasteiger partial charge < -0.3 is 4.80 Å². The Morgan fingerprint density at radius 1 is 0.737 bits per heavy atom. The van der Waals surface area contributed by atoms with Gasteiger partial charge in [-0.3, -0.25) is 0 Å². The third-order valence-electron chi connectivity index (χ3n) is 3.48. The highest BCUT2D eigenvalue weighted by atomic mass is 28.2. The van der Waals surface area contributed by atoms with Crippen LogP contribution in [0.3, 0.4) is 0 Å². The first-order chi connectivity index (χ1) is 9.40. The lowest BCUT2D eigenvalue weighted by molar-refractivity contribution is 0.600. The number of benzene rings is 3. The zero-order chi connectivity index (χ0) is 13.1. The maximum atomic E-state index is 9.34. The van der Waals surface area contributed by atoms with Crippen LogP contribution in [0.2, 0.25) is 0 Å². The molecule has 0 saturated heterocycles. The van der Waals surface area contributed by atoms with Crippen LogP contribution in [-0.4, -0.2) is 14.6 Å². The summed E-state index contributed by atoms with van der Waals surface area (Å²) in [6.45, 7) is 0. The lowest BCUT2D eigenvalue weighted by atomic mass is 9.95. The predicted molar refractivity (Wildman–Crippen MR) is 83.9 cm³/mol. The van der Waals surface area contributed by atoms with E-state index in [4.69, 9.17) is 0 Å². The summed E-state index contributed by atoms with van der Waals surface area (Å²) in [6.07, 6.45) is 0. The number of hydrogen-bond acceptors (Lipinski definition) is 1. The molecule has 0 saturated carbocycles. The van der Waals surface area contributed by atoms with Crippen molar-refractivity contribution in [1.82, 2.24) is 0 Å². The maximum Gasteiger partial charge on any atom is 0.161 e. The van der Waals surface area contributed by atoms with E-state index in [0.29, 0.717) is 0 Å². The Balaban J connectivity index is 2.25. The molecule has 0 atom stereocenters. The molecular formula is C17H16OSi. The standard InChI is InChI=1S/C17H16OSi/c18-19-12-14-7-2-4-10-16(14)17-11-5-8-13-6-1-3-9-15(13)17/h1-11,18H,12,19H2. The fourth-order valence-corrected chi connectivity index (χ4v) is 3.26. The Kier molecular flexibility index (Phi) is 3.44. The van der Waals surface area contributed by atoms with E-state index in [2.05, 4.69) is 60.7 Å². The minimum atomic E-state index is -0.962. The second-order valence-corrected chi connectivity index (χ2v) is 5.60. The van der Waals surface area contributed by atoms with Crippen molar-refractivity contribution in [3.8, 4) is 11.1 Å². The monoisotopic (exact) mass is 264 g/mol. The zero-order valence-corrected chi connectivity index (χ0v) is 12.1. The molecule has 0 aliphatic heterocycles. The smallest absolute Gasteiger partial charge is 0.161 e. The van der Waals surface area contributed by atoms with Gasteiger partial charge in [-0.05, 0) is 33.5 Å². The molecule has 1 N–H and O–H groups in total. The molecule has 0 fully saturated rings. The Bertz CT molecular complexity index is 701. The number of hydrogen-bond donors (Lipinski definition) is 1. The average molecular weight is 264 g/mol. The van der Waals surface area contributed by atoms with E-state index in [0.717, 1.165) is 6.04 Å². The minimum absolute atomic E-state index is 0.833. The zero-order valence-electron chi connectivity index (χ0n) is 10.7. The third kappa shape index (κ3) is 2.32. The van der Waals surface area contributed by atoms with Gasteiger partial charge in [-0.15, -0.1) is 0 Å². The molecule has 0 radical (unpaired) electrons. The van der Waals surface area contributed by atoms with Gasteiger partial charge in [-0.1, -0.05) is 66.7 Å². The number of fused-ring (bicyclic) bond motifs is 1. The van der Waals surface area contributed by atoms with Crippen molar-refractivity contribution < 1.29 is 4.80 Å². The molecule has 1 nitrogen and oxygen atoms in total. The Hall–Kier alpha value is -1.90. The van der Waals surface area contributed by atoms with Crippen LogP contribution in [0.4, 0.5) is 0 Å². The molecule has 0 aliphatic carbocycles. The molecule has 2 heteroatoms. The van der Waals surface area contributed by atoms with E-state index in [1.54, 1.807) is 0 Å². The van der Waals surface area contributed by atoms with Crippen molar-refractivity contribution >= 4 is 20.5 Å².